The van der Waals surface area contributed by atoms with E-state index in [1.165, 1.54) is 18.2 Å². The van der Waals surface area contributed by atoms with Crippen LogP contribution in [0.1, 0.15) is 24.0 Å². The zero-order valence-electron chi connectivity index (χ0n) is 15.0. The molecule has 1 fully saturated rings. The molecule has 4 nitrogen and oxygen atoms in total. The molecule has 1 heterocycles. The second-order valence-electron chi connectivity index (χ2n) is 6.82. The molecule has 0 aromatic heterocycles. The molecule has 1 amide bonds. The summed E-state index contributed by atoms with van der Waals surface area (Å²) < 4.78 is 32.9. The van der Waals surface area contributed by atoms with E-state index < -0.39 is 11.6 Å². The van der Waals surface area contributed by atoms with Crippen molar-refractivity contribution >= 4 is 5.91 Å². The number of likely N-dealkylation sites (tertiary alicyclic amines) is 1. The first-order chi connectivity index (χ1) is 13.1. The van der Waals surface area contributed by atoms with E-state index in [0.29, 0.717) is 31.7 Å². The Balaban J connectivity index is 1.45. The van der Waals surface area contributed by atoms with Crippen LogP contribution in [0.25, 0.3) is 0 Å². The summed E-state index contributed by atoms with van der Waals surface area (Å²) in [5.74, 6) is -0.313. The number of carbonyl (C=O) groups is 1. The molecule has 1 saturated heterocycles. The molecule has 27 heavy (non-hydrogen) atoms. The Kier molecular flexibility index (Phi) is 6.40. The highest BCUT2D eigenvalue weighted by molar-refractivity contribution is 5.78. The predicted molar refractivity (Wildman–Crippen MR) is 97.2 cm³/mol. The minimum atomic E-state index is -0.512. The standard InChI is InChI=1S/C21H23F2NO3/c22-19-2-1-3-20(23)18(19)9-6-15-10-11-24(12-15)21(26)14-27-17-7-4-16(13-25)5-8-17/h1-5,7-8,15,25H,6,9-14H2. The van der Waals surface area contributed by atoms with Crippen LogP contribution < -0.4 is 4.74 Å². The smallest absolute Gasteiger partial charge is 0.260 e. The second-order valence-corrected chi connectivity index (χ2v) is 6.82. The number of ether oxygens (including phenoxy) is 1. The van der Waals surface area contributed by atoms with Crippen molar-refractivity contribution in [3.63, 3.8) is 0 Å². The van der Waals surface area contributed by atoms with Crippen LogP contribution in [0.5, 0.6) is 5.75 Å². The Bertz CT molecular complexity index is 759. The van der Waals surface area contributed by atoms with Gasteiger partial charge < -0.3 is 14.7 Å². The van der Waals surface area contributed by atoms with Gasteiger partial charge in [0, 0.05) is 18.7 Å². The van der Waals surface area contributed by atoms with E-state index >= 15 is 0 Å². The lowest BCUT2D eigenvalue weighted by Gasteiger charge is -2.17. The van der Waals surface area contributed by atoms with Crippen molar-refractivity contribution in [2.45, 2.75) is 25.9 Å². The van der Waals surface area contributed by atoms with Crippen molar-refractivity contribution in [2.75, 3.05) is 19.7 Å². The van der Waals surface area contributed by atoms with Crippen molar-refractivity contribution in [2.24, 2.45) is 5.92 Å². The summed E-state index contributed by atoms with van der Waals surface area (Å²) in [6, 6.07) is 10.8. The van der Waals surface area contributed by atoms with Gasteiger partial charge >= 0.3 is 0 Å². The molecular weight excluding hydrogens is 352 g/mol. The molecule has 1 N–H and O–H groups in total. The maximum Gasteiger partial charge on any atom is 0.260 e. The third-order valence-electron chi connectivity index (χ3n) is 4.97. The van der Waals surface area contributed by atoms with Gasteiger partial charge in [-0.15, -0.1) is 0 Å². The zero-order valence-corrected chi connectivity index (χ0v) is 15.0. The lowest BCUT2D eigenvalue weighted by atomic mass is 9.98. The highest BCUT2D eigenvalue weighted by Gasteiger charge is 2.26. The normalized spacial score (nSPS) is 16.6. The molecule has 1 atom stereocenters. The van der Waals surface area contributed by atoms with E-state index in [-0.39, 0.29) is 30.6 Å². The molecule has 1 unspecified atom stereocenters. The number of carbonyl (C=O) groups excluding carboxylic acids is 1. The molecule has 1 aliphatic heterocycles. The summed E-state index contributed by atoms with van der Waals surface area (Å²) in [6.07, 6.45) is 1.80. The minimum absolute atomic E-state index is 0.0366. The second kappa shape index (κ2) is 8.95. The van der Waals surface area contributed by atoms with Crippen LogP contribution in [0.15, 0.2) is 42.5 Å². The summed E-state index contributed by atoms with van der Waals surface area (Å²) in [4.78, 5) is 14.1. The molecule has 3 rings (SSSR count). The molecule has 0 bridgehead atoms. The van der Waals surface area contributed by atoms with Crippen LogP contribution in [-0.4, -0.2) is 35.6 Å². The van der Waals surface area contributed by atoms with E-state index in [0.717, 1.165) is 12.0 Å². The largest absolute Gasteiger partial charge is 0.484 e. The maximum absolute atomic E-state index is 13.7. The van der Waals surface area contributed by atoms with E-state index in [1.54, 1.807) is 29.2 Å². The summed E-state index contributed by atoms with van der Waals surface area (Å²) in [5.41, 5.74) is 0.902. The summed E-state index contributed by atoms with van der Waals surface area (Å²) >= 11 is 0. The van der Waals surface area contributed by atoms with Crippen LogP contribution >= 0.6 is 0 Å². The van der Waals surface area contributed by atoms with Crippen molar-refractivity contribution in [1.82, 2.24) is 4.90 Å². The number of amides is 1. The highest BCUT2D eigenvalue weighted by Crippen LogP contribution is 2.24. The number of halogens is 2. The van der Waals surface area contributed by atoms with Gasteiger partial charge in [0.05, 0.1) is 6.61 Å². The lowest BCUT2D eigenvalue weighted by molar-refractivity contribution is -0.132. The van der Waals surface area contributed by atoms with Gasteiger partial charge in [0.25, 0.3) is 5.91 Å². The van der Waals surface area contributed by atoms with Gasteiger partial charge in [-0.3, -0.25) is 4.79 Å². The molecule has 0 radical (unpaired) electrons. The first-order valence-corrected chi connectivity index (χ1v) is 9.10. The van der Waals surface area contributed by atoms with Gasteiger partial charge in [-0.2, -0.15) is 0 Å². The Hall–Kier alpha value is -2.47. The number of hydrogen-bond donors (Lipinski definition) is 1. The monoisotopic (exact) mass is 375 g/mol. The quantitative estimate of drug-likeness (QED) is 0.808. The molecule has 1 aliphatic rings. The summed E-state index contributed by atoms with van der Waals surface area (Å²) in [7, 11) is 0. The van der Waals surface area contributed by atoms with E-state index in [2.05, 4.69) is 0 Å². The molecule has 2 aromatic carbocycles. The van der Waals surface area contributed by atoms with E-state index in [9.17, 15) is 13.6 Å². The topological polar surface area (TPSA) is 49.8 Å². The number of aliphatic hydroxyl groups is 1. The van der Waals surface area contributed by atoms with Gasteiger partial charge in [0.1, 0.15) is 17.4 Å². The third kappa shape index (κ3) is 5.04. The number of aliphatic hydroxyl groups excluding tert-OH is 1. The SMILES string of the molecule is O=C(COc1ccc(CO)cc1)N1CCC(CCc2c(F)cccc2F)C1. The van der Waals surface area contributed by atoms with Crippen LogP contribution in [0, 0.1) is 17.6 Å². The molecule has 0 saturated carbocycles. The van der Waals surface area contributed by atoms with Gasteiger partial charge in [0.15, 0.2) is 6.61 Å². The first-order valence-electron chi connectivity index (χ1n) is 9.10. The van der Waals surface area contributed by atoms with Crippen LogP contribution in [0.3, 0.4) is 0 Å². The summed E-state index contributed by atoms with van der Waals surface area (Å²) in [6.45, 7) is 1.13. The van der Waals surface area contributed by atoms with Crippen LogP contribution in [-0.2, 0) is 17.8 Å². The Labute approximate surface area is 157 Å². The molecule has 0 spiro atoms. The first kappa shape index (κ1) is 19.3. The minimum Gasteiger partial charge on any atom is -0.484 e. The van der Waals surface area contributed by atoms with Gasteiger partial charge in [0.2, 0.25) is 0 Å². The Morgan fingerprint density at radius 3 is 2.52 bits per heavy atom. The number of hydrogen-bond acceptors (Lipinski definition) is 3. The van der Waals surface area contributed by atoms with Crippen molar-refractivity contribution in [3.8, 4) is 5.75 Å². The fourth-order valence-electron chi connectivity index (χ4n) is 3.34. The average molecular weight is 375 g/mol. The maximum atomic E-state index is 13.7. The van der Waals surface area contributed by atoms with E-state index in [1.807, 2.05) is 0 Å². The van der Waals surface area contributed by atoms with Crippen molar-refractivity contribution in [1.29, 1.82) is 0 Å². The Morgan fingerprint density at radius 2 is 1.85 bits per heavy atom. The summed E-state index contributed by atoms with van der Waals surface area (Å²) in [5, 5.41) is 9.02. The molecule has 2 aromatic rings. The average Bonchev–Trinajstić information content (AvgIpc) is 3.15. The van der Waals surface area contributed by atoms with Crippen LogP contribution in [0.4, 0.5) is 8.78 Å². The van der Waals surface area contributed by atoms with Gasteiger partial charge in [-0.25, -0.2) is 8.78 Å². The highest BCUT2D eigenvalue weighted by atomic mass is 19.1. The molecule has 144 valence electrons. The molecule has 0 aliphatic carbocycles. The molecule has 6 heteroatoms. The van der Waals surface area contributed by atoms with Crippen molar-refractivity contribution < 1.29 is 23.4 Å². The molecular formula is C21H23F2NO3. The fourth-order valence-corrected chi connectivity index (χ4v) is 3.34. The number of benzene rings is 2. The van der Waals surface area contributed by atoms with Gasteiger partial charge in [-0.1, -0.05) is 18.2 Å². The van der Waals surface area contributed by atoms with Crippen molar-refractivity contribution in [3.05, 3.63) is 65.2 Å². The van der Waals surface area contributed by atoms with E-state index in [4.69, 9.17) is 9.84 Å². The third-order valence-corrected chi connectivity index (χ3v) is 4.97. The fraction of sp³-hybridized carbons (Fsp3) is 0.381. The number of nitrogens with zero attached hydrogens (tertiary/aromatic N) is 1. The number of rotatable bonds is 7. The lowest BCUT2D eigenvalue weighted by Crippen LogP contribution is -2.33. The van der Waals surface area contributed by atoms with Gasteiger partial charge in [-0.05, 0) is 55.0 Å². The zero-order chi connectivity index (χ0) is 19.2. The Morgan fingerprint density at radius 1 is 1.15 bits per heavy atom. The predicted octanol–water partition coefficient (Wildman–Crippen LogP) is 3.32. The van der Waals surface area contributed by atoms with Crippen LogP contribution in [0.2, 0.25) is 0 Å².